The maximum atomic E-state index is 6.19. The van der Waals surface area contributed by atoms with Crippen molar-refractivity contribution in [1.82, 2.24) is 10.6 Å². The zero-order chi connectivity index (χ0) is 11.4. The van der Waals surface area contributed by atoms with E-state index < -0.39 is 0 Å². The molecule has 2 N–H and O–H groups in total. The molecule has 1 heterocycles. The third-order valence-electron chi connectivity index (χ3n) is 3.22. The third kappa shape index (κ3) is 2.97. The fourth-order valence-electron chi connectivity index (χ4n) is 2.16. The van der Waals surface area contributed by atoms with Crippen molar-refractivity contribution in [3.05, 3.63) is 34.3 Å². The fourth-order valence-corrected chi connectivity index (χ4v) is 2.45. The van der Waals surface area contributed by atoms with Gasteiger partial charge in [-0.05, 0) is 43.5 Å². The molecule has 88 valence electrons. The number of nitrogens with one attached hydrogen (secondary N) is 2. The summed E-state index contributed by atoms with van der Waals surface area (Å²) in [5, 5.41) is 7.85. The lowest BCUT2D eigenvalue weighted by molar-refractivity contribution is 0.389. The molecule has 0 radical (unpaired) electrons. The molecule has 1 aromatic rings. The predicted octanol–water partition coefficient (Wildman–Crippen LogP) is 2.49. The highest BCUT2D eigenvalue weighted by Gasteiger charge is 2.13. The summed E-state index contributed by atoms with van der Waals surface area (Å²) in [6.07, 6.45) is 2.52. The highest BCUT2D eigenvalue weighted by atomic mass is 35.5. The lowest BCUT2D eigenvalue weighted by atomic mass is 10.1. The standard InChI is InChI=1S/C13H19ClN2/c1-10-4-2-6-13(14)12(10)9-16-11-5-3-7-15-8-11/h2,4,6,11,15-16H,3,5,7-9H2,1H3. The zero-order valence-corrected chi connectivity index (χ0v) is 10.5. The van der Waals surface area contributed by atoms with Crippen LogP contribution in [0.15, 0.2) is 18.2 Å². The van der Waals surface area contributed by atoms with Crippen LogP contribution in [0.1, 0.15) is 24.0 Å². The van der Waals surface area contributed by atoms with Crippen molar-refractivity contribution < 1.29 is 0 Å². The van der Waals surface area contributed by atoms with E-state index in [4.69, 9.17) is 11.6 Å². The Morgan fingerprint density at radius 2 is 2.38 bits per heavy atom. The van der Waals surface area contributed by atoms with Crippen LogP contribution in [0.5, 0.6) is 0 Å². The Morgan fingerprint density at radius 3 is 3.06 bits per heavy atom. The average Bonchev–Trinajstić information content (AvgIpc) is 2.30. The number of benzene rings is 1. The molecule has 1 fully saturated rings. The molecule has 0 saturated carbocycles. The first-order valence-corrected chi connectivity index (χ1v) is 6.33. The van der Waals surface area contributed by atoms with Crippen molar-refractivity contribution in [3.8, 4) is 0 Å². The highest BCUT2D eigenvalue weighted by Crippen LogP contribution is 2.19. The van der Waals surface area contributed by atoms with Crippen LogP contribution in [0.25, 0.3) is 0 Å². The van der Waals surface area contributed by atoms with Crippen LogP contribution in [0.3, 0.4) is 0 Å². The van der Waals surface area contributed by atoms with E-state index >= 15 is 0 Å². The SMILES string of the molecule is Cc1cccc(Cl)c1CNC1CCCNC1. The van der Waals surface area contributed by atoms with Gasteiger partial charge in [-0.1, -0.05) is 23.7 Å². The second kappa shape index (κ2) is 5.67. The van der Waals surface area contributed by atoms with Gasteiger partial charge >= 0.3 is 0 Å². The normalized spacial score (nSPS) is 21.0. The third-order valence-corrected chi connectivity index (χ3v) is 3.57. The smallest absolute Gasteiger partial charge is 0.0453 e. The van der Waals surface area contributed by atoms with Crippen molar-refractivity contribution in [1.29, 1.82) is 0 Å². The van der Waals surface area contributed by atoms with E-state index in [2.05, 4.69) is 23.6 Å². The average molecular weight is 239 g/mol. The first kappa shape index (κ1) is 11.9. The van der Waals surface area contributed by atoms with Crippen molar-refractivity contribution in [3.63, 3.8) is 0 Å². The maximum absolute atomic E-state index is 6.19. The molecule has 2 rings (SSSR count). The Labute approximate surface area is 102 Å². The van der Waals surface area contributed by atoms with Crippen LogP contribution in [0.2, 0.25) is 5.02 Å². The summed E-state index contributed by atoms with van der Waals surface area (Å²) in [6, 6.07) is 6.67. The monoisotopic (exact) mass is 238 g/mol. The fraction of sp³-hybridized carbons (Fsp3) is 0.538. The van der Waals surface area contributed by atoms with E-state index in [1.165, 1.54) is 24.0 Å². The maximum Gasteiger partial charge on any atom is 0.0453 e. The van der Waals surface area contributed by atoms with Crippen molar-refractivity contribution in [2.45, 2.75) is 32.4 Å². The second-order valence-electron chi connectivity index (χ2n) is 4.46. The molecule has 0 aromatic heterocycles. The molecule has 0 bridgehead atoms. The van der Waals surface area contributed by atoms with Gasteiger partial charge in [-0.2, -0.15) is 0 Å². The molecule has 2 nitrogen and oxygen atoms in total. The number of hydrogen-bond donors (Lipinski definition) is 2. The molecule has 1 aliphatic rings. The largest absolute Gasteiger partial charge is 0.315 e. The lowest BCUT2D eigenvalue weighted by Crippen LogP contribution is -2.42. The number of rotatable bonds is 3. The van der Waals surface area contributed by atoms with Gasteiger partial charge in [0.1, 0.15) is 0 Å². The molecule has 1 atom stereocenters. The van der Waals surface area contributed by atoms with E-state index in [0.717, 1.165) is 24.7 Å². The minimum Gasteiger partial charge on any atom is -0.315 e. The number of halogens is 1. The Balaban J connectivity index is 1.93. The summed E-state index contributed by atoms with van der Waals surface area (Å²) in [6.45, 7) is 5.21. The first-order valence-electron chi connectivity index (χ1n) is 5.95. The molecule has 0 aliphatic carbocycles. The lowest BCUT2D eigenvalue weighted by Gasteiger charge is -2.24. The van der Waals surface area contributed by atoms with Gasteiger partial charge in [0.15, 0.2) is 0 Å². The van der Waals surface area contributed by atoms with E-state index in [9.17, 15) is 0 Å². The van der Waals surface area contributed by atoms with Crippen molar-refractivity contribution in [2.75, 3.05) is 13.1 Å². The Morgan fingerprint density at radius 1 is 1.50 bits per heavy atom. The van der Waals surface area contributed by atoms with Crippen LogP contribution in [0.4, 0.5) is 0 Å². The van der Waals surface area contributed by atoms with Gasteiger partial charge in [0.25, 0.3) is 0 Å². The molecular weight excluding hydrogens is 220 g/mol. The minimum absolute atomic E-state index is 0.587. The number of piperidine rings is 1. The molecule has 1 aliphatic heterocycles. The number of hydrogen-bond acceptors (Lipinski definition) is 2. The Kier molecular flexibility index (Phi) is 4.22. The number of aryl methyl sites for hydroxylation is 1. The van der Waals surface area contributed by atoms with E-state index in [1.807, 2.05) is 12.1 Å². The minimum atomic E-state index is 0.587. The quantitative estimate of drug-likeness (QED) is 0.846. The predicted molar refractivity (Wildman–Crippen MR) is 68.9 cm³/mol. The second-order valence-corrected chi connectivity index (χ2v) is 4.87. The van der Waals surface area contributed by atoms with Gasteiger partial charge in [0, 0.05) is 24.2 Å². The van der Waals surface area contributed by atoms with Crippen LogP contribution in [-0.2, 0) is 6.54 Å². The van der Waals surface area contributed by atoms with E-state index in [0.29, 0.717) is 6.04 Å². The first-order chi connectivity index (χ1) is 7.77. The molecule has 16 heavy (non-hydrogen) atoms. The molecule has 1 unspecified atom stereocenters. The molecule has 1 aromatic carbocycles. The summed E-state index contributed by atoms with van der Waals surface area (Å²) < 4.78 is 0. The molecule has 0 spiro atoms. The van der Waals surface area contributed by atoms with Gasteiger partial charge in [-0.15, -0.1) is 0 Å². The van der Waals surface area contributed by atoms with Gasteiger partial charge in [0.2, 0.25) is 0 Å². The zero-order valence-electron chi connectivity index (χ0n) is 9.72. The van der Waals surface area contributed by atoms with Crippen molar-refractivity contribution >= 4 is 11.6 Å². The molecule has 1 saturated heterocycles. The Hall–Kier alpha value is -0.570. The topological polar surface area (TPSA) is 24.1 Å². The van der Waals surface area contributed by atoms with Crippen LogP contribution >= 0.6 is 11.6 Å². The highest BCUT2D eigenvalue weighted by molar-refractivity contribution is 6.31. The van der Waals surface area contributed by atoms with Gasteiger partial charge in [-0.25, -0.2) is 0 Å². The van der Waals surface area contributed by atoms with Gasteiger partial charge in [-0.3, -0.25) is 0 Å². The Bertz CT molecular complexity index is 326. The van der Waals surface area contributed by atoms with Crippen LogP contribution < -0.4 is 10.6 Å². The molecular formula is C13H19ClN2. The summed E-state index contributed by atoms with van der Waals surface area (Å²) in [7, 11) is 0. The summed E-state index contributed by atoms with van der Waals surface area (Å²) in [5.74, 6) is 0. The molecule has 0 amide bonds. The summed E-state index contributed by atoms with van der Waals surface area (Å²) >= 11 is 6.19. The van der Waals surface area contributed by atoms with Crippen LogP contribution in [-0.4, -0.2) is 19.1 Å². The van der Waals surface area contributed by atoms with Crippen LogP contribution in [0, 0.1) is 6.92 Å². The van der Waals surface area contributed by atoms with E-state index in [1.54, 1.807) is 0 Å². The van der Waals surface area contributed by atoms with Crippen molar-refractivity contribution in [2.24, 2.45) is 0 Å². The van der Waals surface area contributed by atoms with Gasteiger partial charge in [0.05, 0.1) is 0 Å². The molecule has 3 heteroatoms. The van der Waals surface area contributed by atoms with Gasteiger partial charge < -0.3 is 10.6 Å². The summed E-state index contributed by atoms with van der Waals surface area (Å²) in [4.78, 5) is 0. The van der Waals surface area contributed by atoms with E-state index in [-0.39, 0.29) is 0 Å². The summed E-state index contributed by atoms with van der Waals surface area (Å²) in [5.41, 5.74) is 2.50.